The molecule has 2 fully saturated rings. The van der Waals surface area contributed by atoms with Crippen molar-refractivity contribution in [2.45, 2.75) is 38.0 Å². The summed E-state index contributed by atoms with van der Waals surface area (Å²) in [4.78, 5) is 6.90. The van der Waals surface area contributed by atoms with Crippen LogP contribution in [0.15, 0.2) is 29.3 Å². The minimum absolute atomic E-state index is 0.173. The zero-order valence-corrected chi connectivity index (χ0v) is 14.5. The third-order valence-corrected chi connectivity index (χ3v) is 5.54. The minimum atomic E-state index is -0.194. The van der Waals surface area contributed by atoms with E-state index in [-0.39, 0.29) is 11.2 Å². The molecule has 2 heterocycles. The molecule has 0 unspecified atom stereocenters. The smallest absolute Gasteiger partial charge is 0.191 e. The van der Waals surface area contributed by atoms with Crippen LogP contribution in [0.5, 0.6) is 0 Å². The number of likely N-dealkylation sites (tertiary alicyclic amines) is 1. The Kier molecular flexibility index (Phi) is 5.39. The summed E-state index contributed by atoms with van der Waals surface area (Å²) in [7, 11) is 0. The van der Waals surface area contributed by atoms with Gasteiger partial charge in [-0.25, -0.2) is 4.39 Å². The number of ether oxygens (including phenoxy) is 1. The quantitative estimate of drug-likeness (QED) is 0.683. The lowest BCUT2D eigenvalue weighted by Gasteiger charge is -2.37. The lowest BCUT2D eigenvalue weighted by Crippen LogP contribution is -2.44. The van der Waals surface area contributed by atoms with Gasteiger partial charge < -0.3 is 15.4 Å². The topological polar surface area (TPSA) is 50.8 Å². The first-order valence-corrected chi connectivity index (χ1v) is 8.98. The molecule has 1 aromatic rings. The number of rotatable bonds is 3. The van der Waals surface area contributed by atoms with Crippen LogP contribution < -0.4 is 5.73 Å². The Bertz CT molecular complexity index is 576. The Morgan fingerprint density at radius 2 is 2.04 bits per heavy atom. The maximum Gasteiger partial charge on any atom is 0.191 e. The molecule has 1 aromatic carbocycles. The molecule has 132 valence electrons. The summed E-state index contributed by atoms with van der Waals surface area (Å²) >= 11 is 0. The summed E-state index contributed by atoms with van der Waals surface area (Å²) in [6.07, 6.45) is 4.03. The average molecular weight is 333 g/mol. The maximum absolute atomic E-state index is 13.7. The van der Waals surface area contributed by atoms with E-state index in [0.717, 1.165) is 37.4 Å². The van der Waals surface area contributed by atoms with Crippen LogP contribution in [-0.2, 0) is 10.2 Å². The van der Waals surface area contributed by atoms with Gasteiger partial charge in [-0.3, -0.25) is 4.99 Å². The van der Waals surface area contributed by atoms with E-state index in [1.54, 1.807) is 12.1 Å². The molecular formula is C19H28FN3O. The summed E-state index contributed by atoms with van der Waals surface area (Å²) in [6, 6.07) is 6.91. The van der Waals surface area contributed by atoms with E-state index in [0.29, 0.717) is 25.7 Å². The van der Waals surface area contributed by atoms with Crippen LogP contribution in [-0.4, -0.2) is 43.7 Å². The Hall–Kier alpha value is -1.62. The molecule has 2 aliphatic heterocycles. The van der Waals surface area contributed by atoms with E-state index in [1.807, 2.05) is 6.07 Å². The van der Waals surface area contributed by atoms with E-state index < -0.39 is 0 Å². The fourth-order valence-electron chi connectivity index (χ4n) is 3.69. The average Bonchev–Trinajstić information content (AvgIpc) is 2.61. The standard InChI is InChI=1S/C19H28FN3O/c1-15-5-9-23(10-6-15)18(21)22-14-19(7-11-24-12-8-19)16-3-2-4-17(20)13-16/h2-4,13,15H,5-12,14H2,1H3,(H2,21,22). The lowest BCUT2D eigenvalue weighted by molar-refractivity contribution is 0.0529. The highest BCUT2D eigenvalue weighted by molar-refractivity contribution is 5.78. The number of piperidine rings is 1. The van der Waals surface area contributed by atoms with E-state index in [1.165, 1.54) is 18.9 Å². The normalized spacial score (nSPS) is 22.6. The van der Waals surface area contributed by atoms with Gasteiger partial charge in [0.2, 0.25) is 0 Å². The third-order valence-electron chi connectivity index (χ3n) is 5.54. The zero-order valence-electron chi connectivity index (χ0n) is 14.5. The molecule has 3 rings (SSSR count). The van der Waals surface area contributed by atoms with Crippen LogP contribution in [0, 0.1) is 11.7 Å². The third kappa shape index (κ3) is 3.89. The molecule has 0 aliphatic carbocycles. The first-order valence-electron chi connectivity index (χ1n) is 8.98. The van der Waals surface area contributed by atoms with Crippen LogP contribution >= 0.6 is 0 Å². The van der Waals surface area contributed by atoms with Crippen molar-refractivity contribution in [1.82, 2.24) is 4.90 Å². The van der Waals surface area contributed by atoms with Crippen molar-refractivity contribution < 1.29 is 9.13 Å². The highest BCUT2D eigenvalue weighted by atomic mass is 19.1. The van der Waals surface area contributed by atoms with Gasteiger partial charge in [0.15, 0.2) is 5.96 Å². The Morgan fingerprint density at radius 3 is 2.71 bits per heavy atom. The van der Waals surface area contributed by atoms with Crippen molar-refractivity contribution in [3.8, 4) is 0 Å². The number of guanidine groups is 1. The van der Waals surface area contributed by atoms with Crippen LogP contribution in [0.3, 0.4) is 0 Å². The molecule has 0 radical (unpaired) electrons. The van der Waals surface area contributed by atoms with Gasteiger partial charge in [-0.2, -0.15) is 0 Å². The lowest BCUT2D eigenvalue weighted by atomic mass is 9.74. The number of benzene rings is 1. The second kappa shape index (κ2) is 7.51. The predicted molar refractivity (Wildman–Crippen MR) is 94.6 cm³/mol. The van der Waals surface area contributed by atoms with Gasteiger partial charge >= 0.3 is 0 Å². The highest BCUT2D eigenvalue weighted by Gasteiger charge is 2.35. The van der Waals surface area contributed by atoms with Crippen LogP contribution in [0.2, 0.25) is 0 Å². The van der Waals surface area contributed by atoms with Crippen LogP contribution in [0.25, 0.3) is 0 Å². The molecule has 4 nitrogen and oxygen atoms in total. The van der Waals surface area contributed by atoms with E-state index in [4.69, 9.17) is 15.5 Å². The summed E-state index contributed by atoms with van der Waals surface area (Å²) in [5, 5.41) is 0. The van der Waals surface area contributed by atoms with E-state index >= 15 is 0 Å². The SMILES string of the molecule is CC1CCN(C(N)=NCC2(c3cccc(F)c3)CCOCC2)CC1. The molecule has 0 bridgehead atoms. The number of aliphatic imine (C=N–C) groups is 1. The summed E-state index contributed by atoms with van der Waals surface area (Å²) in [5.41, 5.74) is 7.08. The van der Waals surface area contributed by atoms with Gasteiger partial charge in [-0.05, 0) is 49.3 Å². The summed E-state index contributed by atoms with van der Waals surface area (Å²) in [6.45, 7) is 6.21. The second-order valence-electron chi connectivity index (χ2n) is 7.25. The van der Waals surface area contributed by atoms with Gasteiger partial charge in [0, 0.05) is 31.7 Å². The van der Waals surface area contributed by atoms with Crippen LogP contribution in [0.4, 0.5) is 4.39 Å². The van der Waals surface area contributed by atoms with Gasteiger partial charge in [0.1, 0.15) is 5.82 Å². The number of halogens is 1. The van der Waals surface area contributed by atoms with Crippen molar-refractivity contribution in [3.63, 3.8) is 0 Å². The molecule has 2 aliphatic rings. The van der Waals surface area contributed by atoms with Crippen molar-refractivity contribution in [1.29, 1.82) is 0 Å². The number of hydrogen-bond donors (Lipinski definition) is 1. The number of nitrogens with zero attached hydrogens (tertiary/aromatic N) is 2. The summed E-state index contributed by atoms with van der Waals surface area (Å²) < 4.78 is 19.2. The summed E-state index contributed by atoms with van der Waals surface area (Å²) in [5.74, 6) is 1.20. The predicted octanol–water partition coefficient (Wildman–Crippen LogP) is 2.92. The largest absolute Gasteiger partial charge is 0.381 e. The molecule has 0 atom stereocenters. The Morgan fingerprint density at radius 1 is 1.33 bits per heavy atom. The van der Waals surface area contributed by atoms with E-state index in [2.05, 4.69) is 11.8 Å². The minimum Gasteiger partial charge on any atom is -0.381 e. The number of nitrogens with two attached hydrogens (primary N) is 1. The second-order valence-corrected chi connectivity index (χ2v) is 7.25. The molecular weight excluding hydrogens is 305 g/mol. The van der Waals surface area contributed by atoms with Crippen molar-refractivity contribution >= 4 is 5.96 Å². The van der Waals surface area contributed by atoms with Gasteiger partial charge in [-0.15, -0.1) is 0 Å². The monoisotopic (exact) mass is 333 g/mol. The fourth-order valence-corrected chi connectivity index (χ4v) is 3.69. The van der Waals surface area contributed by atoms with Crippen molar-refractivity contribution in [3.05, 3.63) is 35.6 Å². The Labute approximate surface area is 143 Å². The van der Waals surface area contributed by atoms with Crippen LogP contribution in [0.1, 0.15) is 38.2 Å². The zero-order chi connectivity index (χ0) is 17.0. The van der Waals surface area contributed by atoms with E-state index in [9.17, 15) is 4.39 Å². The molecule has 2 N–H and O–H groups in total. The molecule has 24 heavy (non-hydrogen) atoms. The fraction of sp³-hybridized carbons (Fsp3) is 0.632. The first kappa shape index (κ1) is 17.2. The highest BCUT2D eigenvalue weighted by Crippen LogP contribution is 2.35. The van der Waals surface area contributed by atoms with Gasteiger partial charge in [0.25, 0.3) is 0 Å². The van der Waals surface area contributed by atoms with Gasteiger partial charge in [0.05, 0.1) is 6.54 Å². The number of hydrogen-bond acceptors (Lipinski definition) is 2. The maximum atomic E-state index is 13.7. The van der Waals surface area contributed by atoms with Crippen molar-refractivity contribution in [2.75, 3.05) is 32.8 Å². The first-order chi connectivity index (χ1) is 11.6. The molecule has 0 saturated carbocycles. The van der Waals surface area contributed by atoms with Gasteiger partial charge in [-0.1, -0.05) is 19.1 Å². The molecule has 5 heteroatoms. The molecule has 2 saturated heterocycles. The molecule has 0 aromatic heterocycles. The Balaban J connectivity index is 1.76. The molecule has 0 spiro atoms. The molecule has 0 amide bonds. The van der Waals surface area contributed by atoms with Crippen molar-refractivity contribution in [2.24, 2.45) is 16.6 Å².